The number of hydrogen-bond donors (Lipinski definition) is 4. The fourth-order valence-corrected chi connectivity index (χ4v) is 2.63. The molecule has 5 N–H and O–H groups in total. The maximum atomic E-state index is 11.6. The Balaban J connectivity index is 0.00000220. The molecule has 0 bridgehead atoms. The van der Waals surface area contributed by atoms with Crippen LogP contribution in [0.4, 0.5) is 4.79 Å². The van der Waals surface area contributed by atoms with E-state index in [0.29, 0.717) is 12.5 Å². The van der Waals surface area contributed by atoms with Crippen LogP contribution in [0.1, 0.15) is 44.9 Å². The fourth-order valence-electron chi connectivity index (χ4n) is 2.63. The van der Waals surface area contributed by atoms with E-state index in [2.05, 4.69) is 16.0 Å². The predicted molar refractivity (Wildman–Crippen MR) is 84.4 cm³/mol. The summed E-state index contributed by atoms with van der Waals surface area (Å²) >= 11 is 0. The minimum atomic E-state index is -0.251. The maximum Gasteiger partial charge on any atom is 0.315 e. The SMILES string of the molecule is Cl.NC(CNC(=O)CNC(=O)NC1CCCCC1)C1CC1. The van der Waals surface area contributed by atoms with E-state index in [1.807, 2.05) is 0 Å². The Bertz CT molecular complexity index is 344. The molecule has 2 aliphatic carbocycles. The van der Waals surface area contributed by atoms with Crippen molar-refractivity contribution in [1.82, 2.24) is 16.0 Å². The lowest BCUT2D eigenvalue weighted by atomic mass is 9.96. The molecule has 0 spiro atoms. The van der Waals surface area contributed by atoms with Gasteiger partial charge in [-0.1, -0.05) is 19.3 Å². The highest BCUT2D eigenvalue weighted by Gasteiger charge is 2.28. The number of halogens is 1. The van der Waals surface area contributed by atoms with Gasteiger partial charge in [0.05, 0.1) is 6.54 Å². The van der Waals surface area contributed by atoms with Crippen molar-refractivity contribution in [3.8, 4) is 0 Å². The van der Waals surface area contributed by atoms with E-state index in [-0.39, 0.29) is 43.0 Å². The van der Waals surface area contributed by atoms with Crippen LogP contribution in [0, 0.1) is 5.92 Å². The first-order valence-electron chi connectivity index (χ1n) is 7.72. The maximum absolute atomic E-state index is 11.6. The molecule has 2 saturated carbocycles. The number of carbonyl (C=O) groups is 2. The van der Waals surface area contributed by atoms with Crippen molar-refractivity contribution >= 4 is 24.3 Å². The van der Waals surface area contributed by atoms with E-state index < -0.39 is 0 Å². The minimum Gasteiger partial charge on any atom is -0.353 e. The molecule has 1 atom stereocenters. The van der Waals surface area contributed by atoms with Crippen molar-refractivity contribution in [2.75, 3.05) is 13.1 Å². The van der Waals surface area contributed by atoms with Gasteiger partial charge in [-0.25, -0.2) is 4.79 Å². The summed E-state index contributed by atoms with van der Waals surface area (Å²) in [6, 6.07) is 0.0589. The van der Waals surface area contributed by atoms with E-state index in [1.54, 1.807) is 0 Å². The molecule has 2 rings (SSSR count). The molecule has 6 nitrogen and oxygen atoms in total. The average Bonchev–Trinajstić information content (AvgIpc) is 3.28. The molecule has 21 heavy (non-hydrogen) atoms. The molecule has 2 fully saturated rings. The van der Waals surface area contributed by atoms with Crippen LogP contribution in [-0.2, 0) is 4.79 Å². The first kappa shape index (κ1) is 18.0. The molecular weight excluding hydrogens is 292 g/mol. The molecule has 0 aliphatic heterocycles. The Morgan fingerprint density at radius 3 is 2.33 bits per heavy atom. The van der Waals surface area contributed by atoms with Gasteiger partial charge in [-0.3, -0.25) is 4.79 Å². The highest BCUT2D eigenvalue weighted by molar-refractivity contribution is 5.85. The number of hydrogen-bond acceptors (Lipinski definition) is 3. The highest BCUT2D eigenvalue weighted by Crippen LogP contribution is 2.31. The Morgan fingerprint density at radius 1 is 1.05 bits per heavy atom. The zero-order chi connectivity index (χ0) is 14.4. The molecule has 0 aromatic heterocycles. The molecule has 0 heterocycles. The van der Waals surface area contributed by atoms with Crippen LogP contribution >= 0.6 is 12.4 Å². The van der Waals surface area contributed by atoms with Gasteiger partial charge in [0.15, 0.2) is 0 Å². The molecule has 0 saturated heterocycles. The van der Waals surface area contributed by atoms with Gasteiger partial charge in [0.2, 0.25) is 5.91 Å². The van der Waals surface area contributed by atoms with Gasteiger partial charge in [0, 0.05) is 18.6 Å². The normalized spacial score (nSPS) is 20.0. The second kappa shape index (κ2) is 9.10. The molecule has 3 amide bonds. The van der Waals surface area contributed by atoms with Crippen LogP contribution in [0.5, 0.6) is 0 Å². The number of urea groups is 1. The molecular formula is C14H27ClN4O2. The lowest BCUT2D eigenvalue weighted by Gasteiger charge is -2.22. The summed E-state index contributed by atoms with van der Waals surface area (Å²) in [4.78, 5) is 23.2. The first-order chi connectivity index (χ1) is 9.65. The van der Waals surface area contributed by atoms with E-state index >= 15 is 0 Å². The summed E-state index contributed by atoms with van der Waals surface area (Å²) in [5.74, 6) is 0.387. The Labute approximate surface area is 132 Å². The number of carbonyl (C=O) groups excluding carboxylic acids is 2. The van der Waals surface area contributed by atoms with Crippen LogP contribution in [0.25, 0.3) is 0 Å². The summed E-state index contributed by atoms with van der Waals surface area (Å²) < 4.78 is 0. The third-order valence-corrected chi connectivity index (χ3v) is 4.11. The minimum absolute atomic E-state index is 0. The standard InChI is InChI=1S/C14H26N4O2.ClH/c15-12(10-6-7-10)8-16-13(19)9-17-14(20)18-11-4-2-1-3-5-11;/h10-12H,1-9,15H2,(H,16,19)(H2,17,18,20);1H. The van der Waals surface area contributed by atoms with Gasteiger partial charge < -0.3 is 21.7 Å². The van der Waals surface area contributed by atoms with Gasteiger partial charge in [0.25, 0.3) is 0 Å². The molecule has 0 radical (unpaired) electrons. The fraction of sp³-hybridized carbons (Fsp3) is 0.857. The van der Waals surface area contributed by atoms with Crippen molar-refractivity contribution in [1.29, 1.82) is 0 Å². The van der Waals surface area contributed by atoms with Crippen molar-refractivity contribution in [3.05, 3.63) is 0 Å². The van der Waals surface area contributed by atoms with Gasteiger partial charge in [-0.2, -0.15) is 0 Å². The molecule has 122 valence electrons. The van der Waals surface area contributed by atoms with Crippen LogP contribution < -0.4 is 21.7 Å². The summed E-state index contributed by atoms with van der Waals surface area (Å²) in [6.45, 7) is 0.505. The second-order valence-corrected chi connectivity index (χ2v) is 5.97. The Kier molecular flexibility index (Phi) is 7.82. The van der Waals surface area contributed by atoms with Gasteiger partial charge in [0.1, 0.15) is 0 Å². The van der Waals surface area contributed by atoms with Crippen molar-refractivity contribution in [3.63, 3.8) is 0 Å². The predicted octanol–water partition coefficient (Wildman–Crippen LogP) is 0.894. The molecule has 0 aromatic rings. The van der Waals surface area contributed by atoms with E-state index in [9.17, 15) is 9.59 Å². The Hall–Kier alpha value is -1.01. The van der Waals surface area contributed by atoms with Gasteiger partial charge in [-0.15, -0.1) is 12.4 Å². The summed E-state index contributed by atoms with van der Waals surface area (Å²) in [6.07, 6.45) is 8.00. The molecule has 1 unspecified atom stereocenters. The van der Waals surface area contributed by atoms with E-state index in [1.165, 1.54) is 32.1 Å². The van der Waals surface area contributed by atoms with E-state index in [0.717, 1.165) is 12.8 Å². The summed E-state index contributed by atoms with van der Waals surface area (Å²) in [7, 11) is 0. The lowest BCUT2D eigenvalue weighted by Crippen LogP contribution is -2.47. The van der Waals surface area contributed by atoms with E-state index in [4.69, 9.17) is 5.73 Å². The zero-order valence-corrected chi connectivity index (χ0v) is 13.2. The Morgan fingerprint density at radius 2 is 1.71 bits per heavy atom. The number of nitrogens with one attached hydrogen (secondary N) is 3. The average molecular weight is 319 g/mol. The van der Waals surface area contributed by atoms with Gasteiger partial charge >= 0.3 is 6.03 Å². The van der Waals surface area contributed by atoms with Crippen LogP contribution in [0.2, 0.25) is 0 Å². The van der Waals surface area contributed by atoms with Gasteiger partial charge in [-0.05, 0) is 31.6 Å². The third kappa shape index (κ3) is 7.00. The largest absolute Gasteiger partial charge is 0.353 e. The van der Waals surface area contributed by atoms with Crippen molar-refractivity contribution in [2.24, 2.45) is 11.7 Å². The smallest absolute Gasteiger partial charge is 0.315 e. The number of rotatable bonds is 6. The first-order valence-corrected chi connectivity index (χ1v) is 7.72. The number of nitrogens with two attached hydrogens (primary N) is 1. The third-order valence-electron chi connectivity index (χ3n) is 4.11. The second-order valence-electron chi connectivity index (χ2n) is 5.97. The monoisotopic (exact) mass is 318 g/mol. The van der Waals surface area contributed by atoms with Crippen LogP contribution in [0.3, 0.4) is 0 Å². The topological polar surface area (TPSA) is 96.2 Å². The lowest BCUT2D eigenvalue weighted by molar-refractivity contribution is -0.120. The summed E-state index contributed by atoms with van der Waals surface area (Å²) in [5.41, 5.74) is 5.89. The number of amides is 3. The zero-order valence-electron chi connectivity index (χ0n) is 12.4. The summed E-state index contributed by atoms with van der Waals surface area (Å²) in [5, 5.41) is 8.26. The van der Waals surface area contributed by atoms with Crippen LogP contribution in [-0.4, -0.2) is 37.1 Å². The quantitative estimate of drug-likeness (QED) is 0.585. The molecule has 2 aliphatic rings. The molecule has 7 heteroatoms. The molecule has 0 aromatic carbocycles. The van der Waals surface area contributed by atoms with Crippen molar-refractivity contribution in [2.45, 2.75) is 57.0 Å². The highest BCUT2D eigenvalue weighted by atomic mass is 35.5. The van der Waals surface area contributed by atoms with Crippen molar-refractivity contribution < 1.29 is 9.59 Å². The van der Waals surface area contributed by atoms with Crippen LogP contribution in [0.15, 0.2) is 0 Å².